The van der Waals surface area contributed by atoms with Crippen LogP contribution in [0.3, 0.4) is 0 Å². The van der Waals surface area contributed by atoms with Gasteiger partial charge in [0.05, 0.1) is 11.3 Å². The van der Waals surface area contributed by atoms with Gasteiger partial charge in [0.15, 0.2) is 0 Å². The Balaban J connectivity index is 1.52. The molecule has 3 aliphatic rings. The molecule has 2 heterocycles. The van der Waals surface area contributed by atoms with E-state index in [-0.39, 0.29) is 5.91 Å². The number of hydrogen-bond acceptors (Lipinski definition) is 2. The van der Waals surface area contributed by atoms with Crippen LogP contribution in [0.15, 0.2) is 24.4 Å². The first-order chi connectivity index (χ1) is 11.3. The molecule has 2 atom stereocenters. The van der Waals surface area contributed by atoms with Crippen LogP contribution in [0, 0.1) is 11.8 Å². The minimum atomic E-state index is 0.189. The summed E-state index contributed by atoms with van der Waals surface area (Å²) < 4.78 is 0. The van der Waals surface area contributed by atoms with Gasteiger partial charge in [-0.3, -0.25) is 9.78 Å². The van der Waals surface area contributed by atoms with E-state index in [9.17, 15) is 4.79 Å². The summed E-state index contributed by atoms with van der Waals surface area (Å²) in [5.74, 6) is 1.59. The predicted molar refractivity (Wildman–Crippen MR) is 92.0 cm³/mol. The Morgan fingerprint density at radius 3 is 2.78 bits per heavy atom. The lowest BCUT2D eigenvalue weighted by Crippen LogP contribution is -2.38. The molecular formula is C20H26N2O. The number of nitrogens with zero attached hydrogens (tertiary/aromatic N) is 2. The fourth-order valence-corrected chi connectivity index (χ4v) is 4.61. The average Bonchev–Trinajstić information content (AvgIpc) is 3.24. The van der Waals surface area contributed by atoms with E-state index in [0.717, 1.165) is 23.7 Å². The largest absolute Gasteiger partial charge is 0.335 e. The lowest BCUT2D eigenvalue weighted by atomic mass is 9.89. The Morgan fingerprint density at radius 2 is 2.04 bits per heavy atom. The summed E-state index contributed by atoms with van der Waals surface area (Å²) in [7, 11) is 0. The van der Waals surface area contributed by atoms with Crippen molar-refractivity contribution < 1.29 is 4.79 Å². The molecule has 0 unspecified atom stereocenters. The number of pyridine rings is 1. The fourth-order valence-electron chi connectivity index (χ4n) is 4.61. The Labute approximate surface area is 138 Å². The molecule has 122 valence electrons. The Hall–Kier alpha value is -1.64. The second-order valence-corrected chi connectivity index (χ2v) is 7.48. The third kappa shape index (κ3) is 3.06. The molecule has 2 bridgehead atoms. The van der Waals surface area contributed by atoms with Crippen LogP contribution in [0.5, 0.6) is 0 Å². The van der Waals surface area contributed by atoms with Crippen LogP contribution in [0.1, 0.15) is 67.4 Å². The van der Waals surface area contributed by atoms with Gasteiger partial charge in [0.2, 0.25) is 0 Å². The van der Waals surface area contributed by atoms with Crippen molar-refractivity contribution in [1.29, 1.82) is 0 Å². The Bertz CT molecular complexity index is 603. The summed E-state index contributed by atoms with van der Waals surface area (Å²) in [6.07, 6.45) is 16.5. The highest BCUT2D eigenvalue weighted by molar-refractivity contribution is 5.97. The van der Waals surface area contributed by atoms with Crippen molar-refractivity contribution in [2.45, 2.75) is 57.4 Å². The number of allylic oxidation sites excluding steroid dienone is 1. The molecule has 0 aromatic carbocycles. The van der Waals surface area contributed by atoms with E-state index < -0.39 is 0 Å². The molecule has 1 saturated heterocycles. The van der Waals surface area contributed by atoms with Crippen LogP contribution in [0.4, 0.5) is 0 Å². The third-order valence-corrected chi connectivity index (χ3v) is 5.92. The second kappa shape index (κ2) is 6.46. The van der Waals surface area contributed by atoms with Crippen LogP contribution >= 0.6 is 0 Å². The first kappa shape index (κ1) is 14.9. The summed E-state index contributed by atoms with van der Waals surface area (Å²) in [6, 6.07) is 4.31. The number of fused-ring (bicyclic) bond motifs is 2. The SMILES string of the molecule is O=C(c1cccnc1/C=C/C1CCCCC1)N1C[C@H]2CC[C@@H]1C2. The fraction of sp³-hybridized carbons (Fsp3) is 0.600. The molecule has 3 nitrogen and oxygen atoms in total. The molecule has 23 heavy (non-hydrogen) atoms. The molecule has 0 spiro atoms. The molecule has 2 aliphatic carbocycles. The number of amides is 1. The molecule has 0 N–H and O–H groups in total. The second-order valence-electron chi connectivity index (χ2n) is 7.48. The first-order valence-electron chi connectivity index (χ1n) is 9.25. The zero-order valence-corrected chi connectivity index (χ0v) is 13.8. The smallest absolute Gasteiger partial charge is 0.256 e. The third-order valence-electron chi connectivity index (χ3n) is 5.92. The van der Waals surface area contributed by atoms with E-state index in [0.29, 0.717) is 12.0 Å². The van der Waals surface area contributed by atoms with Gasteiger partial charge in [-0.1, -0.05) is 25.3 Å². The lowest BCUT2D eigenvalue weighted by Gasteiger charge is -2.27. The number of rotatable bonds is 3. The van der Waals surface area contributed by atoms with Crippen molar-refractivity contribution in [3.05, 3.63) is 35.7 Å². The maximum Gasteiger partial charge on any atom is 0.256 e. The van der Waals surface area contributed by atoms with Gasteiger partial charge in [0.25, 0.3) is 5.91 Å². The molecular weight excluding hydrogens is 284 g/mol. The van der Waals surface area contributed by atoms with Gasteiger partial charge in [-0.15, -0.1) is 0 Å². The predicted octanol–water partition coefficient (Wildman–Crippen LogP) is 4.30. The molecule has 1 aliphatic heterocycles. The highest BCUT2D eigenvalue weighted by atomic mass is 16.2. The monoisotopic (exact) mass is 310 g/mol. The summed E-state index contributed by atoms with van der Waals surface area (Å²) in [5, 5.41) is 0. The maximum atomic E-state index is 13.0. The van der Waals surface area contributed by atoms with Crippen molar-refractivity contribution in [3.63, 3.8) is 0 Å². The summed E-state index contributed by atoms with van der Waals surface area (Å²) in [6.45, 7) is 0.949. The number of carbonyl (C=O) groups excluding carboxylic acids is 1. The average molecular weight is 310 g/mol. The lowest BCUT2D eigenvalue weighted by molar-refractivity contribution is 0.0703. The van der Waals surface area contributed by atoms with E-state index in [4.69, 9.17) is 0 Å². The van der Waals surface area contributed by atoms with Crippen molar-refractivity contribution in [1.82, 2.24) is 9.88 Å². The van der Waals surface area contributed by atoms with Crippen LogP contribution in [-0.4, -0.2) is 28.4 Å². The number of aromatic nitrogens is 1. The molecule has 1 aromatic rings. The van der Waals surface area contributed by atoms with Crippen molar-refractivity contribution in [2.75, 3.05) is 6.54 Å². The molecule has 4 rings (SSSR count). The minimum Gasteiger partial charge on any atom is -0.335 e. The number of piperidine rings is 1. The summed E-state index contributed by atoms with van der Waals surface area (Å²) in [5.41, 5.74) is 1.64. The van der Waals surface area contributed by atoms with Gasteiger partial charge in [0.1, 0.15) is 0 Å². The molecule has 1 amide bonds. The van der Waals surface area contributed by atoms with E-state index in [1.807, 2.05) is 12.1 Å². The van der Waals surface area contributed by atoms with Gasteiger partial charge < -0.3 is 4.90 Å². The van der Waals surface area contributed by atoms with Gasteiger partial charge in [-0.2, -0.15) is 0 Å². The van der Waals surface area contributed by atoms with E-state index >= 15 is 0 Å². The highest BCUT2D eigenvalue weighted by Crippen LogP contribution is 2.38. The van der Waals surface area contributed by atoms with E-state index in [2.05, 4.69) is 22.0 Å². The van der Waals surface area contributed by atoms with Gasteiger partial charge >= 0.3 is 0 Å². The Morgan fingerprint density at radius 1 is 1.17 bits per heavy atom. The van der Waals surface area contributed by atoms with E-state index in [1.165, 1.54) is 51.4 Å². The zero-order valence-electron chi connectivity index (χ0n) is 13.8. The Kier molecular flexibility index (Phi) is 4.19. The van der Waals surface area contributed by atoms with Crippen LogP contribution in [0.2, 0.25) is 0 Å². The molecule has 0 radical (unpaired) electrons. The van der Waals surface area contributed by atoms with Crippen molar-refractivity contribution >= 4 is 12.0 Å². The molecule has 2 saturated carbocycles. The normalized spacial score (nSPS) is 27.9. The number of likely N-dealkylation sites (tertiary alicyclic amines) is 1. The number of carbonyl (C=O) groups is 1. The summed E-state index contributed by atoms with van der Waals surface area (Å²) in [4.78, 5) is 19.5. The van der Waals surface area contributed by atoms with Crippen molar-refractivity contribution in [2.24, 2.45) is 11.8 Å². The molecule has 3 fully saturated rings. The van der Waals surface area contributed by atoms with E-state index in [1.54, 1.807) is 6.20 Å². The maximum absolute atomic E-state index is 13.0. The van der Waals surface area contributed by atoms with Crippen LogP contribution in [0.25, 0.3) is 6.08 Å². The zero-order chi connectivity index (χ0) is 15.6. The van der Waals surface area contributed by atoms with Gasteiger partial charge in [0, 0.05) is 18.8 Å². The van der Waals surface area contributed by atoms with Crippen LogP contribution in [-0.2, 0) is 0 Å². The highest BCUT2D eigenvalue weighted by Gasteiger charge is 2.40. The topological polar surface area (TPSA) is 33.2 Å². The van der Waals surface area contributed by atoms with Crippen molar-refractivity contribution in [3.8, 4) is 0 Å². The van der Waals surface area contributed by atoms with Gasteiger partial charge in [-0.25, -0.2) is 0 Å². The molecule has 3 heteroatoms. The minimum absolute atomic E-state index is 0.189. The quantitative estimate of drug-likeness (QED) is 0.834. The summed E-state index contributed by atoms with van der Waals surface area (Å²) >= 11 is 0. The standard InChI is InChI=1S/C20H26N2O/c23-20(22-14-16-8-10-17(22)13-16)18-7-4-12-21-19(18)11-9-15-5-2-1-3-6-15/h4,7,9,11-12,15-17H,1-3,5-6,8,10,13-14H2/b11-9+/t16-,17+/m0/s1. The molecule has 1 aromatic heterocycles. The van der Waals surface area contributed by atoms with Gasteiger partial charge in [-0.05, 0) is 62.1 Å². The van der Waals surface area contributed by atoms with Crippen LogP contribution < -0.4 is 0 Å². The first-order valence-corrected chi connectivity index (χ1v) is 9.25. The number of hydrogen-bond donors (Lipinski definition) is 0.